The molecule has 0 amide bonds. The number of aromatic nitrogens is 1. The molecule has 2 N–H and O–H groups in total. The Hall–Kier alpha value is -1.13. The van der Waals surface area contributed by atoms with Crippen LogP contribution in [0, 0.1) is 6.92 Å². The Kier molecular flexibility index (Phi) is 5.38. The second-order valence-corrected chi connectivity index (χ2v) is 5.70. The molecule has 2 heterocycles. The molecule has 112 valence electrons. The van der Waals surface area contributed by atoms with Crippen molar-refractivity contribution in [3.63, 3.8) is 0 Å². The predicted molar refractivity (Wildman–Crippen MR) is 83.2 cm³/mol. The van der Waals surface area contributed by atoms with E-state index in [1.807, 2.05) is 6.20 Å². The number of aryl methyl sites for hydroxylation is 1. The Bertz CT molecular complexity index is 436. The molecule has 0 aromatic carbocycles. The van der Waals surface area contributed by atoms with E-state index in [1.165, 1.54) is 11.1 Å². The van der Waals surface area contributed by atoms with Crippen LogP contribution in [0.25, 0.3) is 0 Å². The maximum absolute atomic E-state index is 6.02. The molecule has 1 saturated heterocycles. The van der Waals surface area contributed by atoms with Gasteiger partial charge in [0.05, 0.1) is 12.7 Å². The second kappa shape index (κ2) is 7.04. The van der Waals surface area contributed by atoms with Crippen molar-refractivity contribution < 1.29 is 4.74 Å². The zero-order chi connectivity index (χ0) is 14.5. The topological polar surface area (TPSA) is 51.4 Å². The Balaban J connectivity index is 2.09. The molecule has 0 spiro atoms. The van der Waals surface area contributed by atoms with Crippen molar-refractivity contribution in [2.45, 2.75) is 52.2 Å². The Morgan fingerprint density at radius 1 is 1.50 bits per heavy atom. The molecule has 4 heteroatoms. The van der Waals surface area contributed by atoms with Crippen LogP contribution in [0.1, 0.15) is 37.8 Å². The first-order valence-corrected chi connectivity index (χ1v) is 7.71. The van der Waals surface area contributed by atoms with Crippen LogP contribution in [0.2, 0.25) is 0 Å². The van der Waals surface area contributed by atoms with Crippen molar-refractivity contribution in [2.24, 2.45) is 5.73 Å². The van der Waals surface area contributed by atoms with Gasteiger partial charge in [0.25, 0.3) is 0 Å². The lowest BCUT2D eigenvalue weighted by Gasteiger charge is -2.34. The lowest BCUT2D eigenvalue weighted by Crippen LogP contribution is -2.43. The van der Waals surface area contributed by atoms with Gasteiger partial charge in [-0.05, 0) is 37.3 Å². The zero-order valence-electron chi connectivity index (χ0n) is 12.9. The van der Waals surface area contributed by atoms with Gasteiger partial charge >= 0.3 is 0 Å². The summed E-state index contributed by atoms with van der Waals surface area (Å²) < 4.78 is 5.72. The molecule has 1 aromatic rings. The van der Waals surface area contributed by atoms with Gasteiger partial charge in [0.1, 0.15) is 5.82 Å². The van der Waals surface area contributed by atoms with Crippen LogP contribution in [0.3, 0.4) is 0 Å². The number of anilines is 1. The van der Waals surface area contributed by atoms with E-state index < -0.39 is 0 Å². The highest BCUT2D eigenvalue weighted by Gasteiger charge is 2.21. The minimum Gasteiger partial charge on any atom is -0.375 e. The molecule has 2 atom stereocenters. The SMILES string of the molecule is CCC(N)Cc1cnc(N2CCOC(CC)C2)c(C)c1. The molecule has 4 nitrogen and oxygen atoms in total. The number of nitrogens with zero attached hydrogens (tertiary/aromatic N) is 2. The zero-order valence-corrected chi connectivity index (χ0v) is 12.9. The molecule has 20 heavy (non-hydrogen) atoms. The average molecular weight is 277 g/mol. The Morgan fingerprint density at radius 2 is 2.30 bits per heavy atom. The monoisotopic (exact) mass is 277 g/mol. The molecular weight excluding hydrogens is 250 g/mol. The van der Waals surface area contributed by atoms with Crippen LogP contribution in [0.5, 0.6) is 0 Å². The van der Waals surface area contributed by atoms with Gasteiger partial charge in [-0.3, -0.25) is 0 Å². The van der Waals surface area contributed by atoms with Crippen molar-refractivity contribution >= 4 is 5.82 Å². The van der Waals surface area contributed by atoms with Crippen molar-refractivity contribution in [1.82, 2.24) is 4.98 Å². The van der Waals surface area contributed by atoms with Gasteiger partial charge in [0, 0.05) is 25.3 Å². The summed E-state index contributed by atoms with van der Waals surface area (Å²) in [6.45, 7) is 9.10. The predicted octanol–water partition coefficient (Wildman–Crippen LogP) is 2.29. The maximum atomic E-state index is 6.02. The normalized spacial score (nSPS) is 21.0. The molecule has 2 unspecified atom stereocenters. The van der Waals surface area contributed by atoms with Gasteiger partial charge in [-0.1, -0.05) is 19.9 Å². The van der Waals surface area contributed by atoms with E-state index in [9.17, 15) is 0 Å². The number of morpholine rings is 1. The first-order chi connectivity index (χ1) is 9.63. The van der Waals surface area contributed by atoms with Crippen LogP contribution < -0.4 is 10.6 Å². The molecule has 1 aliphatic rings. The Labute approximate surface area is 122 Å². The van der Waals surface area contributed by atoms with Gasteiger partial charge in [-0.15, -0.1) is 0 Å². The number of nitrogens with two attached hydrogens (primary N) is 1. The smallest absolute Gasteiger partial charge is 0.131 e. The van der Waals surface area contributed by atoms with Gasteiger partial charge in [-0.2, -0.15) is 0 Å². The summed E-state index contributed by atoms with van der Waals surface area (Å²) in [7, 11) is 0. The average Bonchev–Trinajstić information content (AvgIpc) is 2.47. The quantitative estimate of drug-likeness (QED) is 0.897. The number of ether oxygens (including phenoxy) is 1. The number of rotatable bonds is 5. The standard InChI is InChI=1S/C16H27N3O/c1-4-14(17)9-13-8-12(3)16(18-10-13)19-6-7-20-15(5-2)11-19/h8,10,14-15H,4-7,9,11,17H2,1-3H3. The summed E-state index contributed by atoms with van der Waals surface area (Å²) in [6, 6.07) is 2.46. The summed E-state index contributed by atoms with van der Waals surface area (Å²) in [4.78, 5) is 7.02. The van der Waals surface area contributed by atoms with Gasteiger partial charge < -0.3 is 15.4 Å². The summed E-state index contributed by atoms with van der Waals surface area (Å²) in [5.41, 5.74) is 8.49. The minimum absolute atomic E-state index is 0.231. The molecule has 0 bridgehead atoms. The minimum atomic E-state index is 0.231. The van der Waals surface area contributed by atoms with E-state index in [4.69, 9.17) is 10.5 Å². The third-order valence-electron chi connectivity index (χ3n) is 4.02. The van der Waals surface area contributed by atoms with Crippen molar-refractivity contribution in [3.05, 3.63) is 23.4 Å². The third kappa shape index (κ3) is 3.70. The van der Waals surface area contributed by atoms with Crippen molar-refractivity contribution in [2.75, 3.05) is 24.6 Å². The van der Waals surface area contributed by atoms with Crippen molar-refractivity contribution in [3.8, 4) is 0 Å². The summed E-state index contributed by atoms with van der Waals surface area (Å²) in [6.07, 6.45) is 5.28. The van der Waals surface area contributed by atoms with E-state index in [-0.39, 0.29) is 6.04 Å². The van der Waals surface area contributed by atoms with E-state index in [0.717, 1.165) is 44.8 Å². The molecule has 0 aliphatic carbocycles. The first kappa shape index (κ1) is 15.3. The van der Waals surface area contributed by atoms with E-state index in [0.29, 0.717) is 6.10 Å². The molecule has 0 radical (unpaired) electrons. The Morgan fingerprint density at radius 3 is 2.95 bits per heavy atom. The molecule has 1 aromatic heterocycles. The highest BCUT2D eigenvalue weighted by Crippen LogP contribution is 2.21. The summed E-state index contributed by atoms with van der Waals surface area (Å²) >= 11 is 0. The van der Waals surface area contributed by atoms with Gasteiger partial charge in [0.2, 0.25) is 0 Å². The van der Waals surface area contributed by atoms with Crippen LogP contribution >= 0.6 is 0 Å². The van der Waals surface area contributed by atoms with E-state index in [2.05, 4.69) is 36.7 Å². The molecule has 1 aliphatic heterocycles. The summed E-state index contributed by atoms with van der Waals surface area (Å²) in [5.74, 6) is 1.10. The van der Waals surface area contributed by atoms with Crippen molar-refractivity contribution in [1.29, 1.82) is 0 Å². The number of hydrogen-bond acceptors (Lipinski definition) is 4. The van der Waals surface area contributed by atoms with Gasteiger partial charge in [-0.25, -0.2) is 4.98 Å². The van der Waals surface area contributed by atoms with E-state index in [1.54, 1.807) is 0 Å². The van der Waals surface area contributed by atoms with Crippen LogP contribution in [0.15, 0.2) is 12.3 Å². The third-order valence-corrected chi connectivity index (χ3v) is 4.02. The lowest BCUT2D eigenvalue weighted by molar-refractivity contribution is 0.0381. The fourth-order valence-corrected chi connectivity index (χ4v) is 2.67. The largest absolute Gasteiger partial charge is 0.375 e. The lowest BCUT2D eigenvalue weighted by atomic mass is 10.0. The fraction of sp³-hybridized carbons (Fsp3) is 0.688. The molecule has 1 fully saturated rings. The second-order valence-electron chi connectivity index (χ2n) is 5.70. The summed E-state index contributed by atoms with van der Waals surface area (Å²) in [5, 5.41) is 0. The number of pyridine rings is 1. The first-order valence-electron chi connectivity index (χ1n) is 7.71. The fourth-order valence-electron chi connectivity index (χ4n) is 2.67. The highest BCUT2D eigenvalue weighted by molar-refractivity contribution is 5.48. The molecule has 0 saturated carbocycles. The maximum Gasteiger partial charge on any atom is 0.131 e. The van der Waals surface area contributed by atoms with Crippen LogP contribution in [-0.4, -0.2) is 36.8 Å². The highest BCUT2D eigenvalue weighted by atomic mass is 16.5. The van der Waals surface area contributed by atoms with Crippen LogP contribution in [0.4, 0.5) is 5.82 Å². The van der Waals surface area contributed by atoms with Crippen LogP contribution in [-0.2, 0) is 11.2 Å². The number of hydrogen-bond donors (Lipinski definition) is 1. The van der Waals surface area contributed by atoms with E-state index >= 15 is 0 Å². The van der Waals surface area contributed by atoms with Gasteiger partial charge in [0.15, 0.2) is 0 Å². The molecular formula is C16H27N3O. The molecule has 2 rings (SSSR count).